The molecule has 2 heteroatoms. The van der Waals surface area contributed by atoms with Gasteiger partial charge in [0, 0.05) is 0 Å². The molecule has 2 nitrogen and oxygen atoms in total. The first-order valence-electron chi connectivity index (χ1n) is 5.38. The summed E-state index contributed by atoms with van der Waals surface area (Å²) in [5.41, 5.74) is 3.14. The van der Waals surface area contributed by atoms with E-state index in [1.165, 1.54) is 0 Å². The van der Waals surface area contributed by atoms with Crippen molar-refractivity contribution in [3.05, 3.63) is 28.8 Å². The Hall–Kier alpha value is -1.02. The Morgan fingerprint density at radius 2 is 1.73 bits per heavy atom. The van der Waals surface area contributed by atoms with Crippen LogP contribution in [0.3, 0.4) is 0 Å². The summed E-state index contributed by atoms with van der Waals surface area (Å²) in [6.45, 7) is 9.12. The van der Waals surface area contributed by atoms with Crippen molar-refractivity contribution in [1.82, 2.24) is 0 Å². The number of hydrogen-bond acceptors (Lipinski definition) is 2. The fourth-order valence-corrected chi connectivity index (χ4v) is 1.61. The molecule has 1 aromatic rings. The molecule has 0 fully saturated rings. The number of ether oxygens (including phenoxy) is 1. The number of benzene rings is 1. The van der Waals surface area contributed by atoms with Crippen LogP contribution < -0.4 is 4.74 Å². The largest absolute Gasteiger partial charge is 0.493 e. The molecule has 0 aromatic heterocycles. The molecule has 0 atom stereocenters. The van der Waals surface area contributed by atoms with Gasteiger partial charge in [-0.15, -0.1) is 0 Å². The van der Waals surface area contributed by atoms with E-state index in [1.54, 1.807) is 0 Å². The van der Waals surface area contributed by atoms with E-state index >= 15 is 0 Å². The predicted octanol–water partition coefficient (Wildman–Crippen LogP) is 2.83. The van der Waals surface area contributed by atoms with Crippen LogP contribution in [0.25, 0.3) is 0 Å². The van der Waals surface area contributed by atoms with Gasteiger partial charge in [-0.3, -0.25) is 0 Å². The fraction of sp³-hybridized carbons (Fsp3) is 0.538. The monoisotopic (exact) mass is 208 g/mol. The summed E-state index contributed by atoms with van der Waals surface area (Å²) >= 11 is 0. The lowest BCUT2D eigenvalue weighted by Gasteiger charge is -2.14. The highest BCUT2D eigenvalue weighted by Gasteiger charge is 2.06. The summed E-state index contributed by atoms with van der Waals surface area (Å²) in [5.74, 6) is 1.49. The van der Waals surface area contributed by atoms with E-state index in [-0.39, 0.29) is 6.61 Å². The molecule has 0 saturated carbocycles. The van der Waals surface area contributed by atoms with Crippen molar-refractivity contribution < 1.29 is 9.84 Å². The SMILES string of the molecule is Cc1cc(CO)cc(C)c1OCC(C)C. The second-order valence-corrected chi connectivity index (χ2v) is 4.42. The minimum absolute atomic E-state index is 0.0894. The molecule has 0 spiro atoms. The Morgan fingerprint density at radius 3 is 2.13 bits per heavy atom. The van der Waals surface area contributed by atoms with E-state index in [0.29, 0.717) is 5.92 Å². The van der Waals surface area contributed by atoms with E-state index in [2.05, 4.69) is 13.8 Å². The first-order valence-corrected chi connectivity index (χ1v) is 5.38. The lowest BCUT2D eigenvalue weighted by molar-refractivity contribution is 0.266. The van der Waals surface area contributed by atoms with Crippen LogP contribution in [0, 0.1) is 19.8 Å². The molecule has 0 heterocycles. The molecule has 0 radical (unpaired) electrons. The summed E-state index contributed by atoms with van der Waals surface area (Å²) < 4.78 is 5.75. The van der Waals surface area contributed by atoms with Crippen LogP contribution in [0.2, 0.25) is 0 Å². The van der Waals surface area contributed by atoms with E-state index in [1.807, 2.05) is 26.0 Å². The molecule has 1 rings (SSSR count). The zero-order valence-electron chi connectivity index (χ0n) is 10.0. The molecule has 15 heavy (non-hydrogen) atoms. The zero-order chi connectivity index (χ0) is 11.4. The van der Waals surface area contributed by atoms with Crippen molar-refractivity contribution in [2.75, 3.05) is 6.61 Å². The van der Waals surface area contributed by atoms with Crippen molar-refractivity contribution in [3.63, 3.8) is 0 Å². The predicted molar refractivity (Wildman–Crippen MR) is 62.2 cm³/mol. The fourth-order valence-electron chi connectivity index (χ4n) is 1.61. The van der Waals surface area contributed by atoms with E-state index in [0.717, 1.165) is 29.0 Å². The minimum Gasteiger partial charge on any atom is -0.493 e. The van der Waals surface area contributed by atoms with Gasteiger partial charge in [0.2, 0.25) is 0 Å². The second kappa shape index (κ2) is 5.17. The Balaban J connectivity index is 2.88. The highest BCUT2D eigenvalue weighted by Crippen LogP contribution is 2.25. The lowest BCUT2D eigenvalue weighted by atomic mass is 10.1. The number of rotatable bonds is 4. The summed E-state index contributed by atoms with van der Waals surface area (Å²) in [5, 5.41) is 9.05. The molecule has 0 aliphatic rings. The Morgan fingerprint density at radius 1 is 1.20 bits per heavy atom. The van der Waals surface area contributed by atoms with Gasteiger partial charge >= 0.3 is 0 Å². The highest BCUT2D eigenvalue weighted by molar-refractivity contribution is 5.43. The van der Waals surface area contributed by atoms with Gasteiger partial charge in [-0.05, 0) is 36.5 Å². The maximum Gasteiger partial charge on any atom is 0.125 e. The Kier molecular flexibility index (Phi) is 4.15. The summed E-state index contributed by atoms with van der Waals surface area (Å²) in [6.07, 6.45) is 0. The van der Waals surface area contributed by atoms with Gasteiger partial charge in [0.1, 0.15) is 5.75 Å². The van der Waals surface area contributed by atoms with Crippen molar-refractivity contribution >= 4 is 0 Å². The van der Waals surface area contributed by atoms with Crippen LogP contribution in [0.4, 0.5) is 0 Å². The molecular formula is C13H20O2. The van der Waals surface area contributed by atoms with Crippen LogP contribution >= 0.6 is 0 Å². The van der Waals surface area contributed by atoms with Crippen LogP contribution in [0.5, 0.6) is 5.75 Å². The molecule has 1 aromatic carbocycles. The Labute approximate surface area is 91.9 Å². The molecular weight excluding hydrogens is 188 g/mol. The molecule has 0 unspecified atom stereocenters. The van der Waals surface area contributed by atoms with Gasteiger partial charge in [0.05, 0.1) is 13.2 Å². The molecule has 0 amide bonds. The van der Waals surface area contributed by atoms with Crippen LogP contribution in [0.15, 0.2) is 12.1 Å². The van der Waals surface area contributed by atoms with Crippen LogP contribution in [0.1, 0.15) is 30.5 Å². The second-order valence-electron chi connectivity index (χ2n) is 4.42. The molecule has 0 bridgehead atoms. The molecule has 0 aliphatic carbocycles. The van der Waals surface area contributed by atoms with Gasteiger partial charge in [0.25, 0.3) is 0 Å². The van der Waals surface area contributed by atoms with Gasteiger partial charge in [0.15, 0.2) is 0 Å². The van der Waals surface area contributed by atoms with Crippen molar-refractivity contribution in [2.45, 2.75) is 34.3 Å². The summed E-state index contributed by atoms with van der Waals surface area (Å²) in [6, 6.07) is 3.95. The van der Waals surface area contributed by atoms with Gasteiger partial charge in [-0.25, -0.2) is 0 Å². The van der Waals surface area contributed by atoms with E-state index < -0.39 is 0 Å². The van der Waals surface area contributed by atoms with Crippen LogP contribution in [-0.2, 0) is 6.61 Å². The summed E-state index contributed by atoms with van der Waals surface area (Å²) in [7, 11) is 0. The lowest BCUT2D eigenvalue weighted by Crippen LogP contribution is -2.07. The van der Waals surface area contributed by atoms with Crippen molar-refractivity contribution in [3.8, 4) is 5.75 Å². The minimum atomic E-state index is 0.0894. The Bertz CT molecular complexity index is 306. The first-order chi connectivity index (χ1) is 7.04. The summed E-state index contributed by atoms with van der Waals surface area (Å²) in [4.78, 5) is 0. The number of hydrogen-bond donors (Lipinski definition) is 1. The van der Waals surface area contributed by atoms with Crippen molar-refractivity contribution in [1.29, 1.82) is 0 Å². The van der Waals surface area contributed by atoms with E-state index in [9.17, 15) is 0 Å². The number of aliphatic hydroxyl groups is 1. The maximum absolute atomic E-state index is 9.05. The molecule has 0 saturated heterocycles. The van der Waals surface area contributed by atoms with Crippen molar-refractivity contribution in [2.24, 2.45) is 5.92 Å². The number of aryl methyl sites for hydroxylation is 2. The first kappa shape index (κ1) is 12.1. The third-order valence-corrected chi connectivity index (χ3v) is 2.26. The highest BCUT2D eigenvalue weighted by atomic mass is 16.5. The molecule has 84 valence electrons. The average molecular weight is 208 g/mol. The normalized spacial score (nSPS) is 10.8. The standard InChI is InChI=1S/C13H20O2/c1-9(2)8-15-13-10(3)5-12(7-14)6-11(13)4/h5-6,9,14H,7-8H2,1-4H3. The average Bonchev–Trinajstić information content (AvgIpc) is 2.15. The number of aliphatic hydroxyl groups excluding tert-OH is 1. The van der Waals surface area contributed by atoms with Gasteiger partial charge < -0.3 is 9.84 Å². The maximum atomic E-state index is 9.05. The molecule has 0 aliphatic heterocycles. The topological polar surface area (TPSA) is 29.5 Å². The van der Waals surface area contributed by atoms with Gasteiger partial charge in [-0.1, -0.05) is 26.0 Å². The van der Waals surface area contributed by atoms with Gasteiger partial charge in [-0.2, -0.15) is 0 Å². The van der Waals surface area contributed by atoms with Crippen LogP contribution in [-0.4, -0.2) is 11.7 Å². The zero-order valence-corrected chi connectivity index (χ0v) is 10.0. The quantitative estimate of drug-likeness (QED) is 0.824. The smallest absolute Gasteiger partial charge is 0.125 e. The molecule has 1 N–H and O–H groups in total. The van der Waals surface area contributed by atoms with E-state index in [4.69, 9.17) is 9.84 Å². The third kappa shape index (κ3) is 3.24. The third-order valence-electron chi connectivity index (χ3n) is 2.26.